The first kappa shape index (κ1) is 25.6. The zero-order valence-electron chi connectivity index (χ0n) is 17.6. The van der Waals surface area contributed by atoms with Crippen molar-refractivity contribution >= 4 is 58.0 Å². The van der Waals surface area contributed by atoms with Crippen LogP contribution in [-0.2, 0) is 19.2 Å². The SMILES string of the molecule is CN(C/C=C/C1=C(C(=O)O)N2C(=O)C[C@@H]2SC1)C(N)=O.CO/N=C(\C(N)=O)c1nsc(N)n1. The second kappa shape index (κ2) is 11.3. The Bertz CT molecular complexity index is 1040. The number of aliphatic carboxylic acids is 1. The Hall–Kier alpha value is -3.66. The highest BCUT2D eigenvalue weighted by Gasteiger charge is 2.44. The molecule has 1 atom stereocenters. The van der Waals surface area contributed by atoms with Crippen LogP contribution in [0.15, 0.2) is 28.6 Å². The molecule has 2 aliphatic rings. The van der Waals surface area contributed by atoms with Crippen LogP contribution in [0.3, 0.4) is 0 Å². The first-order valence-electron chi connectivity index (χ1n) is 9.14. The predicted octanol–water partition coefficient (Wildman–Crippen LogP) is -0.847. The fourth-order valence-electron chi connectivity index (χ4n) is 2.63. The minimum atomic E-state index is -1.11. The number of nitrogens with two attached hydrogens (primary N) is 3. The van der Waals surface area contributed by atoms with Crippen molar-refractivity contribution in [1.82, 2.24) is 19.2 Å². The molecular formula is C17H22N8O6S2. The van der Waals surface area contributed by atoms with E-state index in [1.807, 2.05) is 0 Å². The smallest absolute Gasteiger partial charge is 0.352 e. The quantitative estimate of drug-likeness (QED) is 0.207. The molecule has 0 radical (unpaired) electrons. The van der Waals surface area contributed by atoms with Gasteiger partial charge in [-0.05, 0) is 5.57 Å². The standard InChI is InChI=1S/C12H15N3O4S.C5H7N5O2S/c1-14(12(13)19)4-2-3-7-6-20-9-5-8(16)15(9)10(7)11(17)18;1-12-9-2(3(6)11)4-8-5(7)13-10-4/h2-3,9H,4-6H2,1H3,(H2,13,19)(H,17,18);1H3,(H2,6,11)(H2,7,8,10)/b3-2+;9-2+/t9-;/m0./s1. The van der Waals surface area contributed by atoms with E-state index in [-0.39, 0.29) is 40.2 Å². The Balaban J connectivity index is 0.000000257. The summed E-state index contributed by atoms with van der Waals surface area (Å²) in [6.45, 7) is 0.285. The van der Waals surface area contributed by atoms with Crippen LogP contribution in [0.25, 0.3) is 0 Å². The Morgan fingerprint density at radius 2 is 2.09 bits per heavy atom. The number of carbonyl (C=O) groups excluding carboxylic acids is 3. The number of urea groups is 1. The molecule has 4 amide bonds. The summed E-state index contributed by atoms with van der Waals surface area (Å²) in [5, 5.41) is 12.8. The molecule has 1 fully saturated rings. The van der Waals surface area contributed by atoms with Crippen LogP contribution in [0.5, 0.6) is 0 Å². The third-order valence-corrected chi connectivity index (χ3v) is 6.01. The monoisotopic (exact) mass is 498 g/mol. The number of anilines is 1. The summed E-state index contributed by atoms with van der Waals surface area (Å²) in [5.74, 6) is -1.42. The van der Waals surface area contributed by atoms with Gasteiger partial charge < -0.3 is 32.0 Å². The number of hydrogen-bond acceptors (Lipinski definition) is 11. The zero-order chi connectivity index (χ0) is 24.7. The molecule has 1 saturated heterocycles. The lowest BCUT2D eigenvalue weighted by Gasteiger charge is -2.43. The van der Waals surface area contributed by atoms with Gasteiger partial charge in [-0.1, -0.05) is 17.3 Å². The number of rotatable bonds is 7. The molecule has 1 aromatic heterocycles. The van der Waals surface area contributed by atoms with Crippen molar-refractivity contribution in [2.45, 2.75) is 11.8 Å². The number of nitrogen functional groups attached to an aromatic ring is 1. The highest BCUT2D eigenvalue weighted by atomic mass is 32.2. The van der Waals surface area contributed by atoms with E-state index in [1.165, 1.54) is 28.7 Å². The third-order valence-electron chi connectivity index (χ3n) is 4.23. The van der Waals surface area contributed by atoms with Crippen molar-refractivity contribution in [1.29, 1.82) is 0 Å². The summed E-state index contributed by atoms with van der Waals surface area (Å²) in [6.07, 6.45) is 3.69. The van der Waals surface area contributed by atoms with E-state index in [9.17, 15) is 24.3 Å². The van der Waals surface area contributed by atoms with Crippen LogP contribution < -0.4 is 17.2 Å². The van der Waals surface area contributed by atoms with Gasteiger partial charge >= 0.3 is 12.0 Å². The molecule has 3 heterocycles. The first-order valence-corrected chi connectivity index (χ1v) is 11.0. The number of carboxylic acid groups (broad SMARTS) is 1. The third kappa shape index (κ3) is 6.42. The molecule has 0 spiro atoms. The van der Waals surface area contributed by atoms with Crippen molar-refractivity contribution in [3.05, 3.63) is 29.2 Å². The van der Waals surface area contributed by atoms with Gasteiger partial charge in [0.2, 0.25) is 17.4 Å². The fourth-order valence-corrected chi connectivity index (χ4v) is 4.30. The topological polar surface area (TPSA) is 220 Å². The van der Waals surface area contributed by atoms with E-state index in [0.29, 0.717) is 17.7 Å². The van der Waals surface area contributed by atoms with E-state index in [4.69, 9.17) is 17.2 Å². The number of likely N-dealkylation sites (N-methyl/N-ethyl adjacent to an activating group) is 1. The van der Waals surface area contributed by atoms with Gasteiger partial charge in [-0.2, -0.15) is 9.36 Å². The molecule has 0 aromatic carbocycles. The van der Waals surface area contributed by atoms with Crippen LogP contribution in [0.2, 0.25) is 0 Å². The molecule has 0 unspecified atom stereocenters. The molecule has 16 heteroatoms. The number of allylic oxidation sites excluding steroid dienone is 1. The minimum Gasteiger partial charge on any atom is -0.477 e. The number of oxime groups is 1. The highest BCUT2D eigenvalue weighted by Crippen LogP contribution is 2.40. The minimum absolute atomic E-state index is 0.0444. The average molecular weight is 499 g/mol. The number of thioether (sulfide) groups is 1. The Morgan fingerprint density at radius 1 is 1.39 bits per heavy atom. The van der Waals surface area contributed by atoms with Crippen molar-refractivity contribution in [2.24, 2.45) is 16.6 Å². The second-order valence-corrected chi connectivity index (χ2v) is 8.43. The second-order valence-electron chi connectivity index (χ2n) is 6.48. The maximum Gasteiger partial charge on any atom is 0.352 e. The van der Waals surface area contributed by atoms with Gasteiger partial charge in [-0.25, -0.2) is 9.59 Å². The predicted molar refractivity (Wildman–Crippen MR) is 121 cm³/mol. The van der Waals surface area contributed by atoms with Crippen molar-refractivity contribution < 1.29 is 29.1 Å². The van der Waals surface area contributed by atoms with Gasteiger partial charge in [0.1, 0.15) is 12.8 Å². The maximum atomic E-state index is 11.5. The molecule has 14 nitrogen and oxygen atoms in total. The number of amides is 4. The van der Waals surface area contributed by atoms with Gasteiger partial charge in [0.15, 0.2) is 5.13 Å². The lowest BCUT2D eigenvalue weighted by molar-refractivity contribution is -0.146. The lowest BCUT2D eigenvalue weighted by atomic mass is 10.1. The number of carbonyl (C=O) groups is 4. The highest BCUT2D eigenvalue weighted by molar-refractivity contribution is 8.00. The average Bonchev–Trinajstić information content (AvgIpc) is 3.17. The summed E-state index contributed by atoms with van der Waals surface area (Å²) in [4.78, 5) is 55.2. The maximum absolute atomic E-state index is 11.5. The summed E-state index contributed by atoms with van der Waals surface area (Å²) in [5.41, 5.74) is 15.9. The van der Waals surface area contributed by atoms with Crippen molar-refractivity contribution in [3.63, 3.8) is 0 Å². The molecule has 0 aliphatic carbocycles. The van der Waals surface area contributed by atoms with Gasteiger partial charge in [-0.3, -0.25) is 14.5 Å². The largest absolute Gasteiger partial charge is 0.477 e. The number of carboxylic acids is 1. The molecule has 0 bridgehead atoms. The molecule has 2 aliphatic heterocycles. The van der Waals surface area contributed by atoms with E-state index in [2.05, 4.69) is 19.4 Å². The number of hydrogen-bond donors (Lipinski definition) is 4. The lowest BCUT2D eigenvalue weighted by Crippen LogP contribution is -2.53. The van der Waals surface area contributed by atoms with Crippen LogP contribution in [0.4, 0.5) is 9.93 Å². The number of β-lactam (4-membered cyclic amide) rings is 1. The van der Waals surface area contributed by atoms with Crippen LogP contribution in [0, 0.1) is 0 Å². The van der Waals surface area contributed by atoms with E-state index in [1.54, 1.807) is 19.2 Å². The zero-order valence-corrected chi connectivity index (χ0v) is 19.3. The molecule has 1 aromatic rings. The molecule has 3 rings (SSSR count). The molecule has 33 heavy (non-hydrogen) atoms. The molecule has 0 saturated carbocycles. The van der Waals surface area contributed by atoms with E-state index in [0.717, 1.165) is 11.5 Å². The number of primary amides is 2. The van der Waals surface area contributed by atoms with Gasteiger partial charge in [0, 0.05) is 30.9 Å². The van der Waals surface area contributed by atoms with Crippen LogP contribution in [0.1, 0.15) is 12.2 Å². The number of fused-ring (bicyclic) bond motifs is 1. The van der Waals surface area contributed by atoms with Crippen LogP contribution in [-0.4, -0.2) is 85.6 Å². The molecule has 178 valence electrons. The molecular weight excluding hydrogens is 476 g/mol. The Morgan fingerprint density at radius 3 is 2.58 bits per heavy atom. The molecule has 7 N–H and O–H groups in total. The van der Waals surface area contributed by atoms with E-state index >= 15 is 0 Å². The van der Waals surface area contributed by atoms with Crippen molar-refractivity contribution in [3.8, 4) is 0 Å². The van der Waals surface area contributed by atoms with Gasteiger partial charge in [0.25, 0.3) is 5.91 Å². The van der Waals surface area contributed by atoms with E-state index < -0.39 is 17.9 Å². The first-order chi connectivity index (χ1) is 15.6. The number of nitrogens with zero attached hydrogens (tertiary/aromatic N) is 5. The Labute approximate surface area is 196 Å². The summed E-state index contributed by atoms with van der Waals surface area (Å²) in [7, 11) is 2.84. The van der Waals surface area contributed by atoms with Gasteiger partial charge in [-0.15, -0.1) is 11.8 Å². The fraction of sp³-hybridized carbons (Fsp3) is 0.353. The number of aromatic nitrogens is 2. The van der Waals surface area contributed by atoms with Gasteiger partial charge in [0.05, 0.1) is 11.8 Å². The van der Waals surface area contributed by atoms with Crippen molar-refractivity contribution in [2.75, 3.05) is 32.2 Å². The summed E-state index contributed by atoms with van der Waals surface area (Å²) >= 11 is 2.49. The normalized spacial score (nSPS) is 17.6. The summed E-state index contributed by atoms with van der Waals surface area (Å²) < 4.78 is 3.75. The Kier molecular flexibility index (Phi) is 8.75. The van der Waals surface area contributed by atoms with Crippen LogP contribution >= 0.6 is 23.3 Å². The summed E-state index contributed by atoms with van der Waals surface area (Å²) in [6, 6.07) is -0.557.